The van der Waals surface area contributed by atoms with Gasteiger partial charge in [-0.05, 0) is 49.6 Å². The SMILES string of the molecule is Cc1ccc([N+](=O)[O-])cc1NC(=O)CNc1ccc(S(=O)(=O)N2CCCCCC2)cc1. The number of benzene rings is 2. The number of hydrogen-bond donors (Lipinski definition) is 2. The van der Waals surface area contributed by atoms with Crippen LogP contribution < -0.4 is 10.6 Å². The lowest BCUT2D eigenvalue weighted by Gasteiger charge is -2.20. The average molecular weight is 447 g/mol. The topological polar surface area (TPSA) is 122 Å². The van der Waals surface area contributed by atoms with E-state index in [0.717, 1.165) is 25.7 Å². The molecule has 9 nitrogen and oxygen atoms in total. The summed E-state index contributed by atoms with van der Waals surface area (Å²) in [5.74, 6) is -0.370. The fraction of sp³-hybridized carbons (Fsp3) is 0.381. The van der Waals surface area contributed by atoms with Crippen molar-refractivity contribution in [3.05, 3.63) is 58.1 Å². The normalized spacial score (nSPS) is 15.1. The zero-order valence-electron chi connectivity index (χ0n) is 17.3. The first kappa shape index (κ1) is 22.7. The zero-order valence-corrected chi connectivity index (χ0v) is 18.2. The van der Waals surface area contributed by atoms with E-state index in [1.54, 1.807) is 25.1 Å². The number of carbonyl (C=O) groups excluding carboxylic acids is 1. The van der Waals surface area contributed by atoms with Crippen LogP contribution in [0.2, 0.25) is 0 Å². The molecule has 2 aromatic rings. The molecule has 1 saturated heterocycles. The molecule has 0 unspecified atom stereocenters. The van der Waals surface area contributed by atoms with Gasteiger partial charge in [-0.1, -0.05) is 18.9 Å². The number of anilines is 2. The fourth-order valence-electron chi connectivity index (χ4n) is 3.41. The summed E-state index contributed by atoms with van der Waals surface area (Å²) in [5, 5.41) is 16.5. The number of nitro groups is 1. The number of nitro benzene ring substituents is 1. The van der Waals surface area contributed by atoms with Gasteiger partial charge in [-0.2, -0.15) is 4.31 Å². The third kappa shape index (κ3) is 5.80. The van der Waals surface area contributed by atoms with Gasteiger partial charge in [0, 0.05) is 30.9 Å². The first-order chi connectivity index (χ1) is 14.8. The van der Waals surface area contributed by atoms with Gasteiger partial charge >= 0.3 is 0 Å². The molecule has 1 fully saturated rings. The van der Waals surface area contributed by atoms with Gasteiger partial charge in [-0.25, -0.2) is 8.42 Å². The van der Waals surface area contributed by atoms with Crippen LogP contribution in [0.4, 0.5) is 17.1 Å². The Bertz CT molecular complexity index is 1050. The van der Waals surface area contributed by atoms with Crippen LogP contribution in [0.1, 0.15) is 31.2 Å². The van der Waals surface area contributed by atoms with E-state index in [4.69, 9.17) is 0 Å². The van der Waals surface area contributed by atoms with Crippen molar-refractivity contribution in [3.63, 3.8) is 0 Å². The van der Waals surface area contributed by atoms with Crippen molar-refractivity contribution in [3.8, 4) is 0 Å². The summed E-state index contributed by atoms with van der Waals surface area (Å²) in [6.45, 7) is 2.76. The molecule has 3 rings (SSSR count). The van der Waals surface area contributed by atoms with Gasteiger partial charge in [-0.15, -0.1) is 0 Å². The lowest BCUT2D eigenvalue weighted by Crippen LogP contribution is -2.31. The fourth-order valence-corrected chi connectivity index (χ4v) is 4.93. The van der Waals surface area contributed by atoms with Gasteiger partial charge in [0.15, 0.2) is 0 Å². The number of rotatable bonds is 7. The number of non-ortho nitro benzene ring substituents is 1. The predicted octanol–water partition coefficient (Wildman–Crippen LogP) is 3.52. The third-order valence-corrected chi connectivity index (χ3v) is 7.13. The summed E-state index contributed by atoms with van der Waals surface area (Å²) in [5.41, 5.74) is 1.58. The highest BCUT2D eigenvalue weighted by Crippen LogP contribution is 2.23. The molecule has 1 amide bonds. The lowest BCUT2D eigenvalue weighted by atomic mass is 10.2. The smallest absolute Gasteiger partial charge is 0.271 e. The summed E-state index contributed by atoms with van der Waals surface area (Å²) < 4.78 is 27.2. The molecule has 0 aromatic heterocycles. The van der Waals surface area contributed by atoms with Crippen molar-refractivity contribution in [2.45, 2.75) is 37.5 Å². The van der Waals surface area contributed by atoms with E-state index in [0.29, 0.717) is 30.0 Å². The Morgan fingerprint density at radius 1 is 1.06 bits per heavy atom. The molecule has 31 heavy (non-hydrogen) atoms. The molecule has 2 aromatic carbocycles. The highest BCUT2D eigenvalue weighted by molar-refractivity contribution is 7.89. The molecule has 1 heterocycles. The molecule has 0 spiro atoms. The zero-order chi connectivity index (χ0) is 22.4. The van der Waals surface area contributed by atoms with E-state index in [1.165, 1.54) is 28.6 Å². The van der Waals surface area contributed by atoms with E-state index in [-0.39, 0.29) is 23.0 Å². The number of sulfonamides is 1. The Labute approximate surface area is 181 Å². The highest BCUT2D eigenvalue weighted by Gasteiger charge is 2.24. The van der Waals surface area contributed by atoms with Crippen LogP contribution in [0, 0.1) is 17.0 Å². The minimum absolute atomic E-state index is 0.0691. The second kappa shape index (κ2) is 9.88. The second-order valence-corrected chi connectivity index (χ2v) is 9.44. The number of aryl methyl sites for hydroxylation is 1. The number of nitrogens with one attached hydrogen (secondary N) is 2. The monoisotopic (exact) mass is 446 g/mol. The van der Waals surface area contributed by atoms with Crippen molar-refractivity contribution in [1.82, 2.24) is 4.31 Å². The van der Waals surface area contributed by atoms with Crippen LogP contribution in [-0.2, 0) is 14.8 Å². The quantitative estimate of drug-likeness (QED) is 0.496. The van der Waals surface area contributed by atoms with Gasteiger partial charge in [0.05, 0.1) is 22.1 Å². The van der Waals surface area contributed by atoms with Gasteiger partial charge in [0.1, 0.15) is 0 Å². The van der Waals surface area contributed by atoms with Crippen LogP contribution in [0.25, 0.3) is 0 Å². The number of hydrogen-bond acceptors (Lipinski definition) is 6. The van der Waals surface area contributed by atoms with Crippen LogP contribution >= 0.6 is 0 Å². The molecule has 1 aliphatic rings. The first-order valence-corrected chi connectivity index (χ1v) is 11.6. The summed E-state index contributed by atoms with van der Waals surface area (Å²) in [6, 6.07) is 10.6. The molecule has 0 saturated carbocycles. The van der Waals surface area contributed by atoms with E-state index in [2.05, 4.69) is 10.6 Å². The van der Waals surface area contributed by atoms with Gasteiger partial charge in [-0.3, -0.25) is 14.9 Å². The van der Waals surface area contributed by atoms with Gasteiger partial charge in [0.25, 0.3) is 5.69 Å². The lowest BCUT2D eigenvalue weighted by molar-refractivity contribution is -0.384. The number of nitrogens with zero attached hydrogens (tertiary/aromatic N) is 2. The van der Waals surface area contributed by atoms with Crippen molar-refractivity contribution in [2.75, 3.05) is 30.3 Å². The van der Waals surface area contributed by atoms with Crippen molar-refractivity contribution in [2.24, 2.45) is 0 Å². The second-order valence-electron chi connectivity index (χ2n) is 7.50. The standard InChI is InChI=1S/C21H26N4O5S/c1-16-6-9-18(25(27)28)14-20(16)23-21(26)15-22-17-7-10-19(11-8-17)31(29,30)24-12-4-2-3-5-13-24/h6-11,14,22H,2-5,12-13,15H2,1H3,(H,23,26). The molecular formula is C21H26N4O5S. The third-order valence-electron chi connectivity index (χ3n) is 5.22. The maximum Gasteiger partial charge on any atom is 0.271 e. The number of carbonyl (C=O) groups is 1. The molecule has 0 atom stereocenters. The van der Waals surface area contributed by atoms with Crippen LogP contribution in [0.3, 0.4) is 0 Å². The van der Waals surface area contributed by atoms with Crippen molar-refractivity contribution < 1.29 is 18.1 Å². The molecule has 0 aliphatic carbocycles. The average Bonchev–Trinajstić information content (AvgIpc) is 3.04. The van der Waals surface area contributed by atoms with Crippen molar-refractivity contribution >= 4 is 33.0 Å². The largest absolute Gasteiger partial charge is 0.376 e. The van der Waals surface area contributed by atoms with Crippen LogP contribution in [0.5, 0.6) is 0 Å². The highest BCUT2D eigenvalue weighted by atomic mass is 32.2. The van der Waals surface area contributed by atoms with E-state index < -0.39 is 14.9 Å². The molecule has 0 radical (unpaired) electrons. The molecule has 166 valence electrons. The minimum Gasteiger partial charge on any atom is -0.376 e. The Hall–Kier alpha value is -2.98. The van der Waals surface area contributed by atoms with Crippen LogP contribution in [0.15, 0.2) is 47.4 Å². The first-order valence-electron chi connectivity index (χ1n) is 10.2. The van der Waals surface area contributed by atoms with E-state index in [1.807, 2.05) is 0 Å². The predicted molar refractivity (Wildman–Crippen MR) is 119 cm³/mol. The summed E-state index contributed by atoms with van der Waals surface area (Å²) in [7, 11) is -3.52. The van der Waals surface area contributed by atoms with Crippen molar-refractivity contribution in [1.29, 1.82) is 0 Å². The summed E-state index contributed by atoms with van der Waals surface area (Å²) in [4.78, 5) is 22.9. The minimum atomic E-state index is -3.52. The number of amides is 1. The summed E-state index contributed by atoms with van der Waals surface area (Å²) >= 11 is 0. The Balaban J connectivity index is 1.59. The van der Waals surface area contributed by atoms with Gasteiger partial charge in [0.2, 0.25) is 15.9 Å². The Kier molecular flexibility index (Phi) is 7.24. The molecule has 2 N–H and O–H groups in total. The Morgan fingerprint density at radius 3 is 2.32 bits per heavy atom. The maximum atomic E-state index is 12.8. The molecule has 10 heteroatoms. The maximum absolute atomic E-state index is 12.8. The molecule has 0 bridgehead atoms. The van der Waals surface area contributed by atoms with E-state index >= 15 is 0 Å². The van der Waals surface area contributed by atoms with Gasteiger partial charge < -0.3 is 10.6 Å². The summed E-state index contributed by atoms with van der Waals surface area (Å²) in [6.07, 6.45) is 3.84. The molecular weight excluding hydrogens is 420 g/mol. The van der Waals surface area contributed by atoms with Crippen LogP contribution in [-0.4, -0.2) is 43.2 Å². The molecule has 1 aliphatic heterocycles. The Morgan fingerprint density at radius 2 is 1.71 bits per heavy atom. The van der Waals surface area contributed by atoms with E-state index in [9.17, 15) is 23.3 Å².